The predicted molar refractivity (Wildman–Crippen MR) is 212 cm³/mol. The Labute approximate surface area is 305 Å². The molecule has 2 atom stereocenters. The van der Waals surface area contributed by atoms with Crippen molar-refractivity contribution in [1.29, 1.82) is 0 Å². The average Bonchev–Trinajstić information content (AvgIpc) is 3.10. The molecule has 0 aliphatic carbocycles. The summed E-state index contributed by atoms with van der Waals surface area (Å²) in [6.45, 7) is 8.34. The number of unbranched alkanes of at least 4 members (excludes halogenated alkanes) is 22. The number of fused-ring (bicyclic) bond motifs is 2. The SMILES string of the molecule is CCCCCCCCCCCCCCN(C)C1CCCOCCCC(N(C)CCCCCCCCCCCCCC)Oc2cccc(c2)O1. The molecule has 1 heterocycles. The van der Waals surface area contributed by atoms with E-state index >= 15 is 0 Å². The molecule has 0 aromatic heterocycles. The van der Waals surface area contributed by atoms with Gasteiger partial charge in [0.05, 0.1) is 0 Å². The fourth-order valence-electron chi connectivity index (χ4n) is 7.19. The van der Waals surface area contributed by atoms with Crippen molar-refractivity contribution in [3.05, 3.63) is 24.3 Å². The Morgan fingerprint density at radius 3 is 1.16 bits per heavy atom. The topological polar surface area (TPSA) is 34.2 Å². The number of rotatable bonds is 28. The van der Waals surface area contributed by atoms with Crippen molar-refractivity contribution in [3.63, 3.8) is 0 Å². The molecule has 2 bridgehead atoms. The van der Waals surface area contributed by atoms with Gasteiger partial charge in [0.2, 0.25) is 0 Å². The van der Waals surface area contributed by atoms with Crippen LogP contribution >= 0.6 is 0 Å². The Balaban J connectivity index is 1.71. The Morgan fingerprint density at radius 1 is 0.490 bits per heavy atom. The number of nitrogens with zero attached hydrogens (tertiary/aromatic N) is 2. The van der Waals surface area contributed by atoms with Crippen molar-refractivity contribution in [2.45, 2.75) is 206 Å². The van der Waals surface area contributed by atoms with Crippen LogP contribution in [-0.4, -0.2) is 62.7 Å². The fraction of sp³-hybridized carbons (Fsp3) is 0.864. The number of ether oxygens (including phenoxy) is 3. The predicted octanol–water partition coefficient (Wildman–Crippen LogP) is 13.0. The zero-order chi connectivity index (χ0) is 35.0. The Morgan fingerprint density at radius 2 is 0.816 bits per heavy atom. The van der Waals surface area contributed by atoms with Crippen molar-refractivity contribution < 1.29 is 14.2 Å². The van der Waals surface area contributed by atoms with E-state index in [1.54, 1.807) is 0 Å². The molecule has 1 aliphatic rings. The van der Waals surface area contributed by atoms with Crippen LogP contribution in [0.3, 0.4) is 0 Å². The highest BCUT2D eigenvalue weighted by molar-refractivity contribution is 5.33. The minimum atomic E-state index is 0.0544. The average molecular weight is 687 g/mol. The minimum Gasteiger partial charge on any atom is -0.475 e. The maximum absolute atomic E-state index is 6.64. The van der Waals surface area contributed by atoms with Gasteiger partial charge in [-0.1, -0.05) is 161 Å². The smallest absolute Gasteiger partial charge is 0.152 e. The Bertz CT molecular complexity index is 788. The lowest BCUT2D eigenvalue weighted by molar-refractivity contribution is 0.0128. The van der Waals surface area contributed by atoms with Gasteiger partial charge in [-0.3, -0.25) is 9.80 Å². The van der Waals surface area contributed by atoms with Crippen LogP contribution < -0.4 is 9.47 Å². The van der Waals surface area contributed by atoms with Crippen LogP contribution in [-0.2, 0) is 4.74 Å². The van der Waals surface area contributed by atoms with E-state index in [1.165, 1.54) is 154 Å². The van der Waals surface area contributed by atoms with E-state index in [9.17, 15) is 0 Å². The normalized spacial score (nSPS) is 17.6. The molecule has 0 N–H and O–H groups in total. The maximum atomic E-state index is 6.64. The molecule has 49 heavy (non-hydrogen) atoms. The quantitative estimate of drug-likeness (QED) is 0.0820. The van der Waals surface area contributed by atoms with Gasteiger partial charge in [0.15, 0.2) is 12.5 Å². The lowest BCUT2D eigenvalue weighted by Crippen LogP contribution is -2.38. The van der Waals surface area contributed by atoms with Crippen LogP contribution in [0.5, 0.6) is 11.5 Å². The highest BCUT2D eigenvalue weighted by Gasteiger charge is 2.20. The van der Waals surface area contributed by atoms with Crippen molar-refractivity contribution in [1.82, 2.24) is 9.80 Å². The highest BCUT2D eigenvalue weighted by atomic mass is 16.5. The molecule has 0 saturated carbocycles. The van der Waals surface area contributed by atoms with Crippen LogP contribution in [0.25, 0.3) is 0 Å². The van der Waals surface area contributed by atoms with Crippen LogP contribution in [0, 0.1) is 0 Å². The summed E-state index contributed by atoms with van der Waals surface area (Å²) in [7, 11) is 4.46. The van der Waals surface area contributed by atoms with Gasteiger partial charge in [-0.2, -0.15) is 0 Å². The molecular weight excluding hydrogens is 604 g/mol. The summed E-state index contributed by atoms with van der Waals surface area (Å²) in [6.07, 6.45) is 37.3. The van der Waals surface area contributed by atoms with E-state index in [4.69, 9.17) is 14.2 Å². The van der Waals surface area contributed by atoms with E-state index in [1.807, 2.05) is 0 Å². The molecule has 1 aliphatic heterocycles. The maximum Gasteiger partial charge on any atom is 0.152 e. The zero-order valence-corrected chi connectivity index (χ0v) is 33.2. The van der Waals surface area contributed by atoms with Crippen LogP contribution in [0.1, 0.15) is 194 Å². The Hall–Kier alpha value is -1.30. The fourth-order valence-corrected chi connectivity index (χ4v) is 7.19. The van der Waals surface area contributed by atoms with E-state index < -0.39 is 0 Å². The molecule has 0 amide bonds. The lowest BCUT2D eigenvalue weighted by atomic mass is 10.1. The van der Waals surface area contributed by atoms with Gasteiger partial charge < -0.3 is 14.2 Å². The van der Waals surface area contributed by atoms with E-state index in [2.05, 4.69) is 62.0 Å². The largest absolute Gasteiger partial charge is 0.475 e. The third kappa shape index (κ3) is 23.7. The second-order valence-electron chi connectivity index (χ2n) is 15.3. The summed E-state index contributed by atoms with van der Waals surface area (Å²) in [5.41, 5.74) is 0. The highest BCUT2D eigenvalue weighted by Crippen LogP contribution is 2.25. The van der Waals surface area contributed by atoms with Gasteiger partial charge in [0, 0.05) is 45.2 Å². The summed E-state index contributed by atoms with van der Waals surface area (Å²) in [6, 6.07) is 8.37. The third-order valence-corrected chi connectivity index (χ3v) is 10.5. The van der Waals surface area contributed by atoms with Crippen LogP contribution in [0.15, 0.2) is 24.3 Å². The first kappa shape index (κ1) is 43.9. The Kier molecular flexibility index (Phi) is 28.1. The number of benzene rings is 1. The monoisotopic (exact) mass is 687 g/mol. The van der Waals surface area contributed by atoms with Gasteiger partial charge in [0.1, 0.15) is 11.5 Å². The standard InChI is InChI=1S/C44H82N2O3/c1-5-7-9-11-13-15-17-19-21-23-25-27-36-45(3)43-34-30-38-47-39-31-35-44(49-42-33-29-32-41(40-42)48-43)46(4)37-28-26-24-22-20-18-16-14-12-10-8-6-2/h29,32-33,40,43-44H,5-28,30-31,34-39H2,1-4H3. The second kappa shape index (κ2) is 31.4. The molecule has 286 valence electrons. The van der Waals surface area contributed by atoms with E-state index in [0.717, 1.165) is 63.5 Å². The van der Waals surface area contributed by atoms with Crippen molar-refractivity contribution in [2.24, 2.45) is 0 Å². The molecule has 0 saturated heterocycles. The molecule has 2 rings (SSSR count). The van der Waals surface area contributed by atoms with E-state index in [0.29, 0.717) is 0 Å². The van der Waals surface area contributed by atoms with Gasteiger partial charge in [-0.05, 0) is 51.9 Å². The van der Waals surface area contributed by atoms with Crippen molar-refractivity contribution in [3.8, 4) is 11.5 Å². The van der Waals surface area contributed by atoms with Gasteiger partial charge in [-0.25, -0.2) is 0 Å². The summed E-state index contributed by atoms with van der Waals surface area (Å²) in [5.74, 6) is 1.81. The zero-order valence-electron chi connectivity index (χ0n) is 33.2. The molecule has 1 aromatic carbocycles. The molecular formula is C44H82N2O3. The molecule has 5 heteroatoms. The second-order valence-corrected chi connectivity index (χ2v) is 15.3. The molecule has 0 fully saturated rings. The molecule has 2 unspecified atom stereocenters. The first-order valence-electron chi connectivity index (χ1n) is 21.6. The van der Waals surface area contributed by atoms with Crippen molar-refractivity contribution in [2.75, 3.05) is 40.4 Å². The van der Waals surface area contributed by atoms with Gasteiger partial charge >= 0.3 is 0 Å². The summed E-state index contributed by atoms with van der Waals surface area (Å²) in [5, 5.41) is 0. The van der Waals surface area contributed by atoms with Gasteiger partial charge in [-0.15, -0.1) is 0 Å². The summed E-state index contributed by atoms with van der Waals surface area (Å²) in [4.78, 5) is 4.84. The molecule has 0 radical (unpaired) electrons. The third-order valence-electron chi connectivity index (χ3n) is 10.5. The van der Waals surface area contributed by atoms with Crippen LogP contribution in [0.4, 0.5) is 0 Å². The first-order valence-corrected chi connectivity index (χ1v) is 21.6. The summed E-state index contributed by atoms with van der Waals surface area (Å²) < 4.78 is 19.4. The molecule has 1 aromatic rings. The summed E-state index contributed by atoms with van der Waals surface area (Å²) >= 11 is 0. The molecule has 0 spiro atoms. The van der Waals surface area contributed by atoms with E-state index in [-0.39, 0.29) is 12.5 Å². The minimum absolute atomic E-state index is 0.0544. The van der Waals surface area contributed by atoms with Crippen molar-refractivity contribution >= 4 is 0 Å². The lowest BCUT2D eigenvalue weighted by Gasteiger charge is -2.31. The van der Waals surface area contributed by atoms with Gasteiger partial charge in [0.25, 0.3) is 0 Å². The van der Waals surface area contributed by atoms with Crippen LogP contribution in [0.2, 0.25) is 0 Å². The number of hydrogen-bond acceptors (Lipinski definition) is 5. The number of hydrogen-bond donors (Lipinski definition) is 0. The first-order chi connectivity index (χ1) is 24.1. The molecule has 5 nitrogen and oxygen atoms in total.